The summed E-state index contributed by atoms with van der Waals surface area (Å²) in [5.41, 5.74) is 0. The molecule has 1 aliphatic heterocycles. The van der Waals surface area contributed by atoms with Crippen LogP contribution in [0.1, 0.15) is 25.7 Å². The third-order valence-corrected chi connectivity index (χ3v) is 3.44. The molecule has 21 heavy (non-hydrogen) atoms. The van der Waals surface area contributed by atoms with Gasteiger partial charge in [-0.05, 0) is 25.7 Å². The van der Waals surface area contributed by atoms with Crippen molar-refractivity contribution in [3.8, 4) is 0 Å². The summed E-state index contributed by atoms with van der Waals surface area (Å²) in [5, 5.41) is 8.89. The van der Waals surface area contributed by atoms with Gasteiger partial charge in [0.05, 0.1) is 12.0 Å². The van der Waals surface area contributed by atoms with Crippen molar-refractivity contribution in [3.05, 3.63) is 24.6 Å². The summed E-state index contributed by atoms with van der Waals surface area (Å²) in [4.78, 5) is 4.03. The Balaban J connectivity index is 3.06. The normalized spacial score (nSPS) is 22.5. The van der Waals surface area contributed by atoms with E-state index in [1.54, 1.807) is 0 Å². The Bertz CT molecular complexity index is 376. The van der Waals surface area contributed by atoms with Gasteiger partial charge in [0.15, 0.2) is 0 Å². The maximum Gasteiger partial charge on any atom is 0.309 e. The van der Waals surface area contributed by atoms with Gasteiger partial charge in [-0.1, -0.05) is 6.08 Å². The van der Waals surface area contributed by atoms with Gasteiger partial charge in [-0.2, -0.15) is 22.0 Å². The third-order valence-electron chi connectivity index (χ3n) is 3.44. The van der Waals surface area contributed by atoms with E-state index in [-0.39, 0.29) is 6.61 Å². The predicted molar refractivity (Wildman–Crippen MR) is 64.7 cm³/mol. The van der Waals surface area contributed by atoms with Gasteiger partial charge in [0.2, 0.25) is 5.83 Å². The largest absolute Gasteiger partial charge is 0.375 e. The van der Waals surface area contributed by atoms with E-state index in [9.17, 15) is 22.0 Å². The van der Waals surface area contributed by atoms with Crippen LogP contribution in [0.3, 0.4) is 0 Å². The summed E-state index contributed by atoms with van der Waals surface area (Å²) in [6.07, 6.45) is -3.50. The van der Waals surface area contributed by atoms with Gasteiger partial charge in [-0.3, -0.25) is 5.26 Å². The number of rotatable bonds is 7. The maximum absolute atomic E-state index is 13.9. The van der Waals surface area contributed by atoms with Gasteiger partial charge in [-0.25, -0.2) is 4.89 Å². The lowest BCUT2D eigenvalue weighted by molar-refractivity contribution is -0.328. The summed E-state index contributed by atoms with van der Waals surface area (Å²) in [5.74, 6) is -9.38. The molecule has 1 fully saturated rings. The molecule has 1 saturated heterocycles. The first-order valence-corrected chi connectivity index (χ1v) is 6.48. The lowest BCUT2D eigenvalue weighted by atomic mass is 9.85. The highest BCUT2D eigenvalue weighted by Gasteiger charge is 2.52. The van der Waals surface area contributed by atoms with Gasteiger partial charge in [-0.15, -0.1) is 6.58 Å². The molecule has 1 N–H and O–H groups in total. The van der Waals surface area contributed by atoms with Gasteiger partial charge >= 0.3 is 12.0 Å². The van der Waals surface area contributed by atoms with E-state index < -0.39 is 42.4 Å². The van der Waals surface area contributed by atoms with Gasteiger partial charge in [0.1, 0.15) is 6.10 Å². The quantitative estimate of drug-likeness (QED) is 0.329. The SMILES string of the molecule is C=CCC(C(OO)C1CCCCO1)C(F)(F)C(F)=C(F)F. The van der Waals surface area contributed by atoms with Crippen molar-refractivity contribution >= 4 is 0 Å². The summed E-state index contributed by atoms with van der Waals surface area (Å²) in [6, 6.07) is 0. The lowest BCUT2D eigenvalue weighted by Gasteiger charge is -2.36. The van der Waals surface area contributed by atoms with Gasteiger partial charge in [0, 0.05) is 6.61 Å². The topological polar surface area (TPSA) is 38.7 Å². The molecule has 3 unspecified atom stereocenters. The molecule has 1 rings (SSSR count). The molecule has 3 atom stereocenters. The average Bonchev–Trinajstić information content (AvgIpc) is 2.47. The minimum absolute atomic E-state index is 0.271. The molecule has 1 aliphatic rings. The fraction of sp³-hybridized carbons (Fsp3) is 0.692. The second-order valence-corrected chi connectivity index (χ2v) is 4.80. The van der Waals surface area contributed by atoms with Crippen molar-refractivity contribution in [1.29, 1.82) is 0 Å². The monoisotopic (exact) mass is 316 g/mol. The van der Waals surface area contributed by atoms with Crippen LogP contribution in [0, 0.1) is 5.92 Å². The lowest BCUT2D eigenvalue weighted by Crippen LogP contribution is -2.47. The second-order valence-electron chi connectivity index (χ2n) is 4.80. The minimum Gasteiger partial charge on any atom is -0.375 e. The van der Waals surface area contributed by atoms with Crippen molar-refractivity contribution < 1.29 is 36.8 Å². The summed E-state index contributed by atoms with van der Waals surface area (Å²) in [6.45, 7) is 3.51. The molecule has 0 spiro atoms. The molecule has 0 aromatic rings. The van der Waals surface area contributed by atoms with Crippen molar-refractivity contribution in [2.24, 2.45) is 5.92 Å². The van der Waals surface area contributed by atoms with Crippen molar-refractivity contribution in [2.45, 2.75) is 43.8 Å². The minimum atomic E-state index is -4.50. The number of alkyl halides is 2. The van der Waals surface area contributed by atoms with Crippen LogP contribution in [0.25, 0.3) is 0 Å². The van der Waals surface area contributed by atoms with Crippen LogP contribution in [0.5, 0.6) is 0 Å². The molecule has 3 nitrogen and oxygen atoms in total. The second kappa shape index (κ2) is 7.86. The van der Waals surface area contributed by atoms with E-state index in [2.05, 4.69) is 11.5 Å². The molecule has 122 valence electrons. The smallest absolute Gasteiger partial charge is 0.309 e. The van der Waals surface area contributed by atoms with Crippen molar-refractivity contribution in [3.63, 3.8) is 0 Å². The number of hydrogen-bond donors (Lipinski definition) is 1. The Morgan fingerprint density at radius 3 is 2.48 bits per heavy atom. The maximum atomic E-state index is 13.9. The zero-order valence-corrected chi connectivity index (χ0v) is 11.2. The average molecular weight is 316 g/mol. The molecule has 0 radical (unpaired) electrons. The van der Waals surface area contributed by atoms with Crippen molar-refractivity contribution in [1.82, 2.24) is 0 Å². The van der Waals surface area contributed by atoms with E-state index in [1.807, 2.05) is 0 Å². The molecule has 0 aromatic carbocycles. The number of halogens is 5. The molecule has 0 saturated carbocycles. The molecule has 0 aliphatic carbocycles. The Labute approximate surface area is 119 Å². The predicted octanol–water partition coefficient (Wildman–Crippen LogP) is 4.32. The first-order valence-electron chi connectivity index (χ1n) is 6.48. The fourth-order valence-corrected chi connectivity index (χ4v) is 2.38. The standard InChI is InChI=1S/C13H17F5O3/c1-2-5-8(13(17,18)11(14)12(15)16)10(21-19)9-6-3-4-7-20-9/h2,8-10,19H,1,3-7H2. The summed E-state index contributed by atoms with van der Waals surface area (Å²) in [7, 11) is 0. The molecular weight excluding hydrogens is 299 g/mol. The summed E-state index contributed by atoms with van der Waals surface area (Å²) >= 11 is 0. The fourth-order valence-electron chi connectivity index (χ4n) is 2.38. The number of allylic oxidation sites excluding steroid dienone is 2. The Morgan fingerprint density at radius 1 is 1.38 bits per heavy atom. The van der Waals surface area contributed by atoms with Crippen molar-refractivity contribution in [2.75, 3.05) is 6.61 Å². The number of ether oxygens (including phenoxy) is 1. The first kappa shape index (κ1) is 18.1. The highest BCUT2D eigenvalue weighted by molar-refractivity contribution is 5.10. The zero-order chi connectivity index (χ0) is 16.0. The van der Waals surface area contributed by atoms with Crippen LogP contribution in [-0.2, 0) is 9.62 Å². The van der Waals surface area contributed by atoms with Crippen LogP contribution in [0.2, 0.25) is 0 Å². The number of hydrogen-bond acceptors (Lipinski definition) is 3. The first-order chi connectivity index (χ1) is 9.86. The molecule has 8 heteroatoms. The van der Waals surface area contributed by atoms with Crippen LogP contribution in [-0.4, -0.2) is 30.0 Å². The van der Waals surface area contributed by atoms with Gasteiger partial charge in [0.25, 0.3) is 0 Å². The molecule has 0 aromatic heterocycles. The van der Waals surface area contributed by atoms with Crippen LogP contribution in [0.15, 0.2) is 24.6 Å². The van der Waals surface area contributed by atoms with E-state index in [0.29, 0.717) is 19.3 Å². The van der Waals surface area contributed by atoms with Gasteiger partial charge < -0.3 is 4.74 Å². The molecule has 1 heterocycles. The highest BCUT2D eigenvalue weighted by atomic mass is 19.3. The van der Waals surface area contributed by atoms with E-state index in [4.69, 9.17) is 9.99 Å². The summed E-state index contributed by atoms with van der Waals surface area (Å²) < 4.78 is 70.5. The van der Waals surface area contributed by atoms with Crippen LogP contribution in [0.4, 0.5) is 22.0 Å². The van der Waals surface area contributed by atoms with E-state index in [0.717, 1.165) is 6.08 Å². The Hall–Kier alpha value is -0.990. The third kappa shape index (κ3) is 4.24. The molecule has 0 bridgehead atoms. The van der Waals surface area contributed by atoms with E-state index in [1.165, 1.54) is 0 Å². The van der Waals surface area contributed by atoms with Crippen LogP contribution >= 0.6 is 0 Å². The van der Waals surface area contributed by atoms with Crippen LogP contribution < -0.4 is 0 Å². The Kier molecular flexibility index (Phi) is 6.76. The Morgan fingerprint density at radius 2 is 2.05 bits per heavy atom. The van der Waals surface area contributed by atoms with E-state index >= 15 is 0 Å². The molecule has 0 amide bonds. The highest BCUT2D eigenvalue weighted by Crippen LogP contribution is 2.42. The molecular formula is C13H17F5O3. The zero-order valence-electron chi connectivity index (χ0n) is 11.2.